The Hall–Kier alpha value is -2.90. The van der Waals surface area contributed by atoms with Crippen LogP contribution in [0, 0.1) is 0 Å². The van der Waals surface area contributed by atoms with Crippen LogP contribution >= 0.6 is 12.4 Å². The Balaban J connectivity index is 0.00000245. The highest BCUT2D eigenvalue weighted by molar-refractivity contribution is 5.98. The zero-order valence-electron chi connectivity index (χ0n) is 18.2. The van der Waals surface area contributed by atoms with Crippen LogP contribution in [0.4, 0.5) is 4.39 Å². The quantitative estimate of drug-likeness (QED) is 0.504. The van der Waals surface area contributed by atoms with Gasteiger partial charge in [-0.05, 0) is 43.7 Å². The molecular formula is C24H27ClFN5O. The van der Waals surface area contributed by atoms with Crippen LogP contribution in [0.3, 0.4) is 0 Å². The van der Waals surface area contributed by atoms with Crippen molar-refractivity contribution >= 4 is 40.3 Å². The minimum Gasteiger partial charge on any atom is -0.338 e. The number of nitrogens with zero attached hydrogens (tertiary/aromatic N) is 4. The molecule has 6 nitrogen and oxygen atoms in total. The lowest BCUT2D eigenvalue weighted by molar-refractivity contribution is 0.0630. The normalized spacial score (nSPS) is 18.8. The summed E-state index contributed by atoms with van der Waals surface area (Å²) in [5, 5.41) is 1.18. The molecule has 3 heterocycles. The minimum absolute atomic E-state index is 0. The number of carbonyl (C=O) groups excluding carboxylic acids is 1. The topological polar surface area (TPSA) is 69.1 Å². The van der Waals surface area contributed by atoms with Gasteiger partial charge >= 0.3 is 0 Å². The van der Waals surface area contributed by atoms with Crippen molar-refractivity contribution in [1.82, 2.24) is 19.0 Å². The Morgan fingerprint density at radius 1 is 1.19 bits per heavy atom. The number of likely N-dealkylation sites (tertiary alicyclic amines) is 1. The molecule has 1 aliphatic rings. The second kappa shape index (κ2) is 8.56. The van der Waals surface area contributed by atoms with E-state index < -0.39 is 12.2 Å². The molecule has 1 saturated heterocycles. The third-order valence-corrected chi connectivity index (χ3v) is 6.34. The number of halogens is 2. The number of carbonyl (C=O) groups is 1. The summed E-state index contributed by atoms with van der Waals surface area (Å²) < 4.78 is 18.0. The maximum Gasteiger partial charge on any atom is 0.253 e. The van der Waals surface area contributed by atoms with E-state index in [-0.39, 0.29) is 31.3 Å². The molecule has 4 aromatic rings. The number of hydrogen-bond donors (Lipinski definition) is 1. The van der Waals surface area contributed by atoms with E-state index in [4.69, 9.17) is 10.7 Å². The number of piperidine rings is 1. The van der Waals surface area contributed by atoms with Gasteiger partial charge in [-0.3, -0.25) is 4.79 Å². The Morgan fingerprint density at radius 2 is 1.97 bits per heavy atom. The molecule has 0 unspecified atom stereocenters. The molecule has 2 aromatic heterocycles. The summed E-state index contributed by atoms with van der Waals surface area (Å²) in [6.45, 7) is 3.58. The number of para-hydroxylation sites is 1. The van der Waals surface area contributed by atoms with E-state index >= 15 is 0 Å². The van der Waals surface area contributed by atoms with E-state index in [1.807, 2.05) is 37.4 Å². The van der Waals surface area contributed by atoms with Gasteiger partial charge in [-0.1, -0.05) is 18.2 Å². The van der Waals surface area contributed by atoms with Gasteiger partial charge < -0.3 is 19.8 Å². The Kier molecular flexibility index (Phi) is 5.97. The summed E-state index contributed by atoms with van der Waals surface area (Å²) in [4.78, 5) is 19.5. The third kappa shape index (κ3) is 3.55. The fraction of sp³-hybridized carbons (Fsp3) is 0.333. The van der Waals surface area contributed by atoms with E-state index in [9.17, 15) is 9.18 Å². The highest BCUT2D eigenvalue weighted by Gasteiger charge is 2.29. The number of amides is 1. The number of rotatable bonds is 3. The fourth-order valence-corrected chi connectivity index (χ4v) is 4.62. The lowest BCUT2D eigenvalue weighted by Crippen LogP contribution is -2.51. The van der Waals surface area contributed by atoms with Gasteiger partial charge in [0.25, 0.3) is 5.91 Å². The highest BCUT2D eigenvalue weighted by atomic mass is 35.5. The van der Waals surface area contributed by atoms with Crippen molar-refractivity contribution in [1.29, 1.82) is 0 Å². The van der Waals surface area contributed by atoms with Gasteiger partial charge in [0, 0.05) is 43.1 Å². The van der Waals surface area contributed by atoms with Crippen LogP contribution in [0.15, 0.2) is 48.5 Å². The largest absolute Gasteiger partial charge is 0.338 e. The van der Waals surface area contributed by atoms with Crippen molar-refractivity contribution in [3.63, 3.8) is 0 Å². The molecule has 2 aromatic carbocycles. The van der Waals surface area contributed by atoms with Crippen molar-refractivity contribution in [2.75, 3.05) is 13.1 Å². The first-order valence-electron chi connectivity index (χ1n) is 10.7. The number of aryl methyl sites for hydroxylation is 2. The van der Waals surface area contributed by atoms with Crippen LogP contribution in [0.1, 0.15) is 23.7 Å². The summed E-state index contributed by atoms with van der Waals surface area (Å²) in [6, 6.07) is 15.4. The van der Waals surface area contributed by atoms with E-state index in [1.165, 1.54) is 10.9 Å². The Labute approximate surface area is 192 Å². The molecule has 0 saturated carbocycles. The van der Waals surface area contributed by atoms with Gasteiger partial charge in [0.1, 0.15) is 6.17 Å². The van der Waals surface area contributed by atoms with Crippen molar-refractivity contribution in [3.8, 4) is 11.5 Å². The van der Waals surface area contributed by atoms with Gasteiger partial charge in [0.15, 0.2) is 5.82 Å². The number of nitrogens with two attached hydrogens (primary N) is 1. The SMILES string of the molecule is CCn1c(-c2nc3cc(C(=O)N4CC[C@@H](F)[C@@H](N)C4)ccc3n2C)cc2ccccc21.Cl. The first-order valence-corrected chi connectivity index (χ1v) is 10.7. The van der Waals surface area contributed by atoms with E-state index in [1.54, 1.807) is 4.90 Å². The first kappa shape index (κ1) is 22.3. The number of imidazole rings is 1. The standard InChI is InChI=1S/C24H26FN5O.ClH/c1-3-30-20-7-5-4-6-15(20)13-22(30)23-27-19-12-16(8-9-21(19)28(23)2)24(31)29-11-10-17(25)18(26)14-29;/h4-9,12-13,17-18H,3,10-11,14,26H2,1-2H3;1H/t17-,18+;/m1./s1. The van der Waals surface area contributed by atoms with Crippen LogP contribution in [0.25, 0.3) is 33.5 Å². The average molecular weight is 456 g/mol. The number of aromatic nitrogens is 3. The lowest BCUT2D eigenvalue weighted by Gasteiger charge is -2.33. The molecule has 168 valence electrons. The molecule has 0 radical (unpaired) electrons. The summed E-state index contributed by atoms with van der Waals surface area (Å²) in [7, 11) is 1.99. The predicted octanol–water partition coefficient (Wildman–Crippen LogP) is 4.15. The van der Waals surface area contributed by atoms with Crippen molar-refractivity contribution in [2.24, 2.45) is 12.8 Å². The van der Waals surface area contributed by atoms with Crippen molar-refractivity contribution in [2.45, 2.75) is 32.1 Å². The number of alkyl halides is 1. The summed E-state index contributed by atoms with van der Waals surface area (Å²) in [5.41, 5.74) is 10.3. The van der Waals surface area contributed by atoms with Crippen LogP contribution in [0.5, 0.6) is 0 Å². The zero-order valence-corrected chi connectivity index (χ0v) is 19.0. The minimum atomic E-state index is -1.05. The van der Waals surface area contributed by atoms with Gasteiger partial charge in [-0.25, -0.2) is 9.37 Å². The molecule has 0 spiro atoms. The third-order valence-electron chi connectivity index (χ3n) is 6.34. The highest BCUT2D eigenvalue weighted by Crippen LogP contribution is 2.30. The molecule has 1 fully saturated rings. The van der Waals surface area contributed by atoms with Gasteiger partial charge in [-0.15, -0.1) is 12.4 Å². The van der Waals surface area contributed by atoms with Crippen molar-refractivity contribution < 1.29 is 9.18 Å². The van der Waals surface area contributed by atoms with Crippen LogP contribution in [-0.4, -0.2) is 50.2 Å². The smallest absolute Gasteiger partial charge is 0.253 e. The van der Waals surface area contributed by atoms with Crippen LogP contribution in [0.2, 0.25) is 0 Å². The van der Waals surface area contributed by atoms with E-state index in [0.717, 1.165) is 29.1 Å². The number of hydrogen-bond acceptors (Lipinski definition) is 3. The van der Waals surface area contributed by atoms with Gasteiger partial charge in [0.2, 0.25) is 0 Å². The molecule has 2 atom stereocenters. The van der Waals surface area contributed by atoms with Crippen molar-refractivity contribution in [3.05, 3.63) is 54.1 Å². The maximum atomic E-state index is 13.7. The summed E-state index contributed by atoms with van der Waals surface area (Å²) >= 11 is 0. The first-order chi connectivity index (χ1) is 15.0. The fourth-order valence-electron chi connectivity index (χ4n) is 4.62. The molecule has 1 amide bonds. The predicted molar refractivity (Wildman–Crippen MR) is 128 cm³/mol. The van der Waals surface area contributed by atoms with Crippen LogP contribution < -0.4 is 5.73 Å². The second-order valence-electron chi connectivity index (χ2n) is 8.25. The number of benzene rings is 2. The molecule has 2 N–H and O–H groups in total. The maximum absolute atomic E-state index is 13.7. The van der Waals surface area contributed by atoms with Gasteiger partial charge in [0.05, 0.1) is 22.8 Å². The van der Waals surface area contributed by atoms with E-state index in [0.29, 0.717) is 12.1 Å². The number of fused-ring (bicyclic) bond motifs is 2. The summed E-state index contributed by atoms with van der Waals surface area (Å²) in [6.07, 6.45) is -0.764. The average Bonchev–Trinajstić information content (AvgIpc) is 3.32. The molecular weight excluding hydrogens is 429 g/mol. The molecule has 0 aliphatic carbocycles. The summed E-state index contributed by atoms with van der Waals surface area (Å²) in [5.74, 6) is 0.733. The second-order valence-corrected chi connectivity index (χ2v) is 8.25. The Bertz CT molecular complexity index is 1300. The van der Waals surface area contributed by atoms with Gasteiger partial charge in [-0.2, -0.15) is 0 Å². The van der Waals surface area contributed by atoms with Crippen LogP contribution in [-0.2, 0) is 13.6 Å². The molecule has 0 bridgehead atoms. The lowest BCUT2D eigenvalue weighted by atomic mass is 10.0. The molecule has 5 rings (SSSR count). The monoisotopic (exact) mass is 455 g/mol. The molecule has 32 heavy (non-hydrogen) atoms. The molecule has 1 aliphatic heterocycles. The molecule has 8 heteroatoms. The Morgan fingerprint density at radius 3 is 2.72 bits per heavy atom. The van der Waals surface area contributed by atoms with E-state index in [2.05, 4.69) is 34.3 Å². The zero-order chi connectivity index (χ0) is 21.7.